The van der Waals surface area contributed by atoms with Gasteiger partial charge in [-0.2, -0.15) is 0 Å². The van der Waals surface area contributed by atoms with Crippen LogP contribution in [0.25, 0.3) is 11.0 Å². The third kappa shape index (κ3) is 4.37. The minimum Gasteiger partial charge on any atom is -0.352 e. The number of benzene rings is 3. The van der Waals surface area contributed by atoms with Crippen molar-refractivity contribution in [1.29, 1.82) is 0 Å². The molecule has 4 rings (SSSR count). The van der Waals surface area contributed by atoms with Crippen LogP contribution in [0.15, 0.2) is 78.9 Å². The fraction of sp³-hybridized carbons (Fsp3) is 0.200. The van der Waals surface area contributed by atoms with E-state index in [0.29, 0.717) is 6.54 Å². The minimum absolute atomic E-state index is 0.0104. The van der Waals surface area contributed by atoms with E-state index in [4.69, 9.17) is 0 Å². The Hall–Kier alpha value is -3.40. The van der Waals surface area contributed by atoms with Crippen molar-refractivity contribution < 1.29 is 4.79 Å². The molecule has 0 bridgehead atoms. The van der Waals surface area contributed by atoms with Crippen molar-refractivity contribution in [3.63, 3.8) is 0 Å². The summed E-state index contributed by atoms with van der Waals surface area (Å²) in [4.78, 5) is 17.4. The monoisotopic (exact) mass is 383 g/mol. The molecule has 0 aliphatic carbocycles. The molecular formula is C25H25N3O. The third-order valence-electron chi connectivity index (χ3n) is 5.19. The quantitative estimate of drug-likeness (QED) is 0.468. The van der Waals surface area contributed by atoms with Crippen LogP contribution in [-0.4, -0.2) is 22.0 Å². The summed E-state index contributed by atoms with van der Waals surface area (Å²) in [6, 6.07) is 26.2. The van der Waals surface area contributed by atoms with Crippen LogP contribution in [0.5, 0.6) is 0 Å². The second-order valence-electron chi connectivity index (χ2n) is 7.23. The lowest BCUT2D eigenvalue weighted by molar-refractivity contribution is 0.0952. The van der Waals surface area contributed by atoms with E-state index in [1.54, 1.807) is 0 Å². The van der Waals surface area contributed by atoms with Gasteiger partial charge in [-0.1, -0.05) is 60.7 Å². The van der Waals surface area contributed by atoms with Gasteiger partial charge in [0.05, 0.1) is 11.0 Å². The molecule has 4 heteroatoms. The highest BCUT2D eigenvalue weighted by atomic mass is 16.1. The molecule has 0 unspecified atom stereocenters. The molecule has 0 fully saturated rings. The molecule has 4 nitrogen and oxygen atoms in total. The molecule has 0 aliphatic rings. The van der Waals surface area contributed by atoms with Crippen LogP contribution in [0.2, 0.25) is 0 Å². The molecule has 0 saturated heterocycles. The molecule has 4 aromatic rings. The van der Waals surface area contributed by atoms with E-state index in [9.17, 15) is 4.79 Å². The predicted molar refractivity (Wildman–Crippen MR) is 117 cm³/mol. The average molecular weight is 383 g/mol. The first-order chi connectivity index (χ1) is 14.2. The Morgan fingerprint density at radius 2 is 1.66 bits per heavy atom. The number of aryl methyl sites for hydroxylation is 2. The largest absolute Gasteiger partial charge is 0.352 e. The summed E-state index contributed by atoms with van der Waals surface area (Å²) in [7, 11) is 0. The summed E-state index contributed by atoms with van der Waals surface area (Å²) >= 11 is 0. The summed E-state index contributed by atoms with van der Waals surface area (Å²) < 4.78 is 2.21. The lowest BCUT2D eigenvalue weighted by Gasteiger charge is -2.11. The zero-order valence-electron chi connectivity index (χ0n) is 16.6. The van der Waals surface area contributed by atoms with Gasteiger partial charge in [0.25, 0.3) is 5.91 Å². The summed E-state index contributed by atoms with van der Waals surface area (Å²) in [5.41, 5.74) is 5.16. The van der Waals surface area contributed by atoms with Crippen LogP contribution < -0.4 is 5.32 Å². The molecule has 3 aromatic carbocycles. The molecule has 1 heterocycles. The third-order valence-corrected chi connectivity index (χ3v) is 5.19. The van der Waals surface area contributed by atoms with Crippen molar-refractivity contribution in [3.8, 4) is 0 Å². The van der Waals surface area contributed by atoms with Crippen LogP contribution in [0.1, 0.15) is 33.7 Å². The molecule has 29 heavy (non-hydrogen) atoms. The van der Waals surface area contributed by atoms with Gasteiger partial charge in [-0.05, 0) is 49.1 Å². The number of nitrogens with zero attached hydrogens (tertiary/aromatic N) is 2. The highest BCUT2D eigenvalue weighted by molar-refractivity contribution is 5.95. The van der Waals surface area contributed by atoms with Crippen molar-refractivity contribution in [3.05, 3.63) is 101 Å². The number of para-hydroxylation sites is 2. The molecule has 0 radical (unpaired) electrons. The Morgan fingerprint density at radius 3 is 2.52 bits per heavy atom. The number of hydrogen-bond acceptors (Lipinski definition) is 2. The van der Waals surface area contributed by atoms with Crippen molar-refractivity contribution in [1.82, 2.24) is 14.9 Å². The number of carbonyl (C=O) groups excluding carboxylic acids is 1. The Balaban J connectivity index is 1.37. The van der Waals surface area contributed by atoms with Crippen LogP contribution in [0.3, 0.4) is 0 Å². The first-order valence-electron chi connectivity index (χ1n) is 10.0. The summed E-state index contributed by atoms with van der Waals surface area (Å²) in [6.45, 7) is 3.49. The summed E-state index contributed by atoms with van der Waals surface area (Å²) in [5, 5.41) is 3.08. The highest BCUT2D eigenvalue weighted by Gasteiger charge is 2.11. The Kier molecular flexibility index (Phi) is 5.71. The van der Waals surface area contributed by atoms with Gasteiger partial charge in [-0.25, -0.2) is 4.98 Å². The van der Waals surface area contributed by atoms with Gasteiger partial charge in [0.1, 0.15) is 5.82 Å². The van der Waals surface area contributed by atoms with Gasteiger partial charge >= 0.3 is 0 Å². The molecule has 1 aromatic heterocycles. The highest BCUT2D eigenvalue weighted by Crippen LogP contribution is 2.16. The zero-order valence-corrected chi connectivity index (χ0v) is 16.6. The van der Waals surface area contributed by atoms with Gasteiger partial charge in [-0.3, -0.25) is 4.79 Å². The molecule has 1 amide bonds. The van der Waals surface area contributed by atoms with Crippen LogP contribution >= 0.6 is 0 Å². The lowest BCUT2D eigenvalue weighted by Crippen LogP contribution is -2.26. The summed E-state index contributed by atoms with van der Waals surface area (Å²) in [5.74, 6) is 0.995. The molecule has 0 saturated carbocycles. The standard InChI is InChI=1S/C25H25N3O/c1-19-27-23-14-7-8-15-24(23)28(19)17-9-16-26-25(29)22-13-6-5-12-21(22)18-20-10-3-2-4-11-20/h2-8,10-15H,9,16-18H2,1H3,(H,26,29). The Bertz CT molecular complexity index is 1120. The molecule has 146 valence electrons. The second kappa shape index (κ2) is 8.74. The van der Waals surface area contributed by atoms with E-state index >= 15 is 0 Å². The number of carbonyl (C=O) groups is 1. The first kappa shape index (κ1) is 18.9. The van der Waals surface area contributed by atoms with Crippen LogP contribution in [0.4, 0.5) is 0 Å². The number of nitrogens with one attached hydrogen (secondary N) is 1. The van der Waals surface area contributed by atoms with Crippen LogP contribution in [0, 0.1) is 6.92 Å². The van der Waals surface area contributed by atoms with E-state index in [2.05, 4.69) is 33.1 Å². The molecular weight excluding hydrogens is 358 g/mol. The fourth-order valence-electron chi connectivity index (χ4n) is 3.72. The number of imidazole rings is 1. The number of fused-ring (bicyclic) bond motifs is 1. The van der Waals surface area contributed by atoms with Crippen molar-refractivity contribution in [2.75, 3.05) is 6.54 Å². The molecule has 0 spiro atoms. The van der Waals surface area contributed by atoms with Crippen LogP contribution in [-0.2, 0) is 13.0 Å². The maximum atomic E-state index is 12.8. The predicted octanol–water partition coefficient (Wildman–Crippen LogP) is 4.76. The number of hydrogen-bond donors (Lipinski definition) is 1. The first-order valence-corrected chi connectivity index (χ1v) is 10.0. The Labute approximate surface area is 171 Å². The van der Waals surface area contributed by atoms with Gasteiger partial charge < -0.3 is 9.88 Å². The van der Waals surface area contributed by atoms with Crippen molar-refractivity contribution in [2.45, 2.75) is 26.3 Å². The van der Waals surface area contributed by atoms with E-state index in [1.807, 2.05) is 67.6 Å². The minimum atomic E-state index is -0.0104. The van der Waals surface area contributed by atoms with E-state index in [0.717, 1.165) is 47.4 Å². The molecule has 0 aliphatic heterocycles. The van der Waals surface area contributed by atoms with E-state index in [1.165, 1.54) is 5.56 Å². The molecule has 0 atom stereocenters. The smallest absolute Gasteiger partial charge is 0.251 e. The summed E-state index contributed by atoms with van der Waals surface area (Å²) in [6.07, 6.45) is 1.61. The normalized spacial score (nSPS) is 10.9. The SMILES string of the molecule is Cc1nc2ccccc2n1CCCNC(=O)c1ccccc1Cc1ccccc1. The number of rotatable bonds is 7. The second-order valence-corrected chi connectivity index (χ2v) is 7.23. The van der Waals surface area contributed by atoms with Gasteiger partial charge in [0.15, 0.2) is 0 Å². The Morgan fingerprint density at radius 1 is 0.931 bits per heavy atom. The number of amides is 1. The van der Waals surface area contributed by atoms with E-state index in [-0.39, 0.29) is 5.91 Å². The van der Waals surface area contributed by atoms with Gasteiger partial charge in [0, 0.05) is 18.7 Å². The fourth-order valence-corrected chi connectivity index (χ4v) is 3.72. The van der Waals surface area contributed by atoms with Crippen molar-refractivity contribution >= 4 is 16.9 Å². The van der Waals surface area contributed by atoms with Gasteiger partial charge in [-0.15, -0.1) is 0 Å². The lowest BCUT2D eigenvalue weighted by atomic mass is 9.99. The molecule has 1 N–H and O–H groups in total. The maximum Gasteiger partial charge on any atom is 0.251 e. The van der Waals surface area contributed by atoms with Gasteiger partial charge in [0.2, 0.25) is 0 Å². The van der Waals surface area contributed by atoms with Crippen molar-refractivity contribution in [2.24, 2.45) is 0 Å². The number of aromatic nitrogens is 2. The maximum absolute atomic E-state index is 12.8. The topological polar surface area (TPSA) is 46.9 Å². The average Bonchev–Trinajstić information content (AvgIpc) is 3.07. The van der Waals surface area contributed by atoms with E-state index < -0.39 is 0 Å². The zero-order chi connectivity index (χ0) is 20.1.